The molecule has 0 atom stereocenters. The molecule has 8 heteroatoms. The zero-order valence-electron chi connectivity index (χ0n) is 15.2. The summed E-state index contributed by atoms with van der Waals surface area (Å²) in [6.45, 7) is 1.53. The van der Waals surface area contributed by atoms with Crippen molar-refractivity contribution in [2.45, 2.75) is 12.8 Å². The van der Waals surface area contributed by atoms with E-state index in [9.17, 15) is 18.8 Å². The van der Waals surface area contributed by atoms with Gasteiger partial charge in [-0.1, -0.05) is 6.07 Å². The Morgan fingerprint density at radius 2 is 1.89 bits per heavy atom. The molecule has 0 radical (unpaired) electrons. The minimum Gasteiger partial charge on any atom is -0.348 e. The average molecular weight is 384 g/mol. The smallest absolute Gasteiger partial charge is 0.313 e. The van der Waals surface area contributed by atoms with E-state index in [4.69, 9.17) is 0 Å². The summed E-state index contributed by atoms with van der Waals surface area (Å²) in [5.41, 5.74) is 0.783. The molecule has 0 saturated carbocycles. The fourth-order valence-corrected chi connectivity index (χ4v) is 3.08. The molecule has 2 aromatic rings. The van der Waals surface area contributed by atoms with Crippen molar-refractivity contribution < 1.29 is 18.8 Å². The van der Waals surface area contributed by atoms with E-state index in [1.807, 2.05) is 0 Å². The average Bonchev–Trinajstić information content (AvgIpc) is 2.72. The second-order valence-electron chi connectivity index (χ2n) is 6.65. The summed E-state index contributed by atoms with van der Waals surface area (Å²) in [5, 5.41) is 4.97. The number of anilines is 1. The number of aromatic nitrogens is 1. The molecule has 1 aliphatic heterocycles. The Morgan fingerprint density at radius 1 is 1.11 bits per heavy atom. The second-order valence-corrected chi connectivity index (χ2v) is 6.65. The minimum absolute atomic E-state index is 0.0509. The molecule has 0 aliphatic carbocycles. The van der Waals surface area contributed by atoms with Gasteiger partial charge in [0, 0.05) is 37.7 Å². The van der Waals surface area contributed by atoms with Crippen molar-refractivity contribution in [3.05, 3.63) is 60.2 Å². The lowest BCUT2D eigenvalue weighted by atomic mass is 9.96. The highest BCUT2D eigenvalue weighted by atomic mass is 19.1. The van der Waals surface area contributed by atoms with Gasteiger partial charge < -0.3 is 15.5 Å². The van der Waals surface area contributed by atoms with Crippen LogP contribution in [0, 0.1) is 11.7 Å². The SMILES string of the molecule is O=C(NCC1CCN(C(=O)c2cccnc2)CC1)C(=O)Nc1cccc(F)c1. The van der Waals surface area contributed by atoms with Gasteiger partial charge in [0.1, 0.15) is 5.82 Å². The van der Waals surface area contributed by atoms with Crippen molar-refractivity contribution in [1.82, 2.24) is 15.2 Å². The van der Waals surface area contributed by atoms with Gasteiger partial charge in [-0.3, -0.25) is 19.4 Å². The molecular formula is C20H21FN4O3. The van der Waals surface area contributed by atoms with E-state index in [-0.39, 0.29) is 17.5 Å². The lowest BCUT2D eigenvalue weighted by Gasteiger charge is -2.32. The molecule has 0 unspecified atom stereocenters. The maximum Gasteiger partial charge on any atom is 0.313 e. The molecule has 1 aliphatic rings. The van der Waals surface area contributed by atoms with Gasteiger partial charge in [-0.15, -0.1) is 0 Å². The van der Waals surface area contributed by atoms with Crippen LogP contribution in [0.25, 0.3) is 0 Å². The quantitative estimate of drug-likeness (QED) is 0.787. The van der Waals surface area contributed by atoms with E-state index in [2.05, 4.69) is 15.6 Å². The van der Waals surface area contributed by atoms with E-state index >= 15 is 0 Å². The van der Waals surface area contributed by atoms with Gasteiger partial charge in [0.15, 0.2) is 0 Å². The Morgan fingerprint density at radius 3 is 2.57 bits per heavy atom. The maximum absolute atomic E-state index is 13.1. The standard InChI is InChI=1S/C20H21FN4O3/c21-16-4-1-5-17(11-16)24-19(27)18(26)23-12-14-6-9-25(10-7-14)20(28)15-3-2-8-22-13-15/h1-5,8,11,13-14H,6-7,9-10,12H2,(H,23,26)(H,24,27). The molecule has 28 heavy (non-hydrogen) atoms. The van der Waals surface area contributed by atoms with Gasteiger partial charge in [0.05, 0.1) is 5.56 Å². The summed E-state index contributed by atoms with van der Waals surface area (Å²) >= 11 is 0. The topological polar surface area (TPSA) is 91.4 Å². The highest BCUT2D eigenvalue weighted by Gasteiger charge is 2.24. The first kappa shape index (κ1) is 19.5. The van der Waals surface area contributed by atoms with E-state index < -0.39 is 17.6 Å². The molecule has 0 bridgehead atoms. The Balaban J connectivity index is 1.42. The van der Waals surface area contributed by atoms with Crippen molar-refractivity contribution in [3.8, 4) is 0 Å². The molecule has 3 amide bonds. The van der Waals surface area contributed by atoms with Crippen LogP contribution in [0.1, 0.15) is 23.2 Å². The lowest BCUT2D eigenvalue weighted by Crippen LogP contribution is -2.43. The number of halogens is 1. The fraction of sp³-hybridized carbons (Fsp3) is 0.300. The predicted octanol–water partition coefficient (Wildman–Crippen LogP) is 1.83. The number of nitrogens with one attached hydrogen (secondary N) is 2. The van der Waals surface area contributed by atoms with Crippen molar-refractivity contribution in [2.75, 3.05) is 25.0 Å². The molecule has 3 rings (SSSR count). The van der Waals surface area contributed by atoms with Gasteiger partial charge in [-0.25, -0.2) is 4.39 Å². The van der Waals surface area contributed by atoms with Gasteiger partial charge in [-0.05, 0) is 49.1 Å². The van der Waals surface area contributed by atoms with Crippen LogP contribution in [0.2, 0.25) is 0 Å². The first-order valence-electron chi connectivity index (χ1n) is 9.07. The molecule has 1 fully saturated rings. The van der Waals surface area contributed by atoms with Crippen LogP contribution in [0.15, 0.2) is 48.8 Å². The normalized spacial score (nSPS) is 14.4. The van der Waals surface area contributed by atoms with Crippen LogP contribution in [-0.2, 0) is 9.59 Å². The predicted molar refractivity (Wildman–Crippen MR) is 101 cm³/mol. The van der Waals surface area contributed by atoms with Crippen molar-refractivity contribution in [1.29, 1.82) is 0 Å². The van der Waals surface area contributed by atoms with Crippen LogP contribution in [0.4, 0.5) is 10.1 Å². The monoisotopic (exact) mass is 384 g/mol. The summed E-state index contributed by atoms with van der Waals surface area (Å²) in [6, 6.07) is 8.80. The number of nitrogens with zero attached hydrogens (tertiary/aromatic N) is 2. The van der Waals surface area contributed by atoms with Crippen molar-refractivity contribution in [3.63, 3.8) is 0 Å². The first-order chi connectivity index (χ1) is 13.5. The number of piperidine rings is 1. The molecule has 7 nitrogen and oxygen atoms in total. The van der Waals surface area contributed by atoms with Gasteiger partial charge in [-0.2, -0.15) is 0 Å². The molecule has 2 heterocycles. The highest BCUT2D eigenvalue weighted by molar-refractivity contribution is 6.39. The molecule has 146 valence electrons. The number of carbonyl (C=O) groups is 3. The summed E-state index contributed by atoms with van der Waals surface area (Å²) in [4.78, 5) is 42.0. The van der Waals surface area contributed by atoms with Crippen LogP contribution < -0.4 is 10.6 Å². The lowest BCUT2D eigenvalue weighted by molar-refractivity contribution is -0.136. The third-order valence-corrected chi connectivity index (χ3v) is 4.65. The minimum atomic E-state index is -0.838. The van der Waals surface area contributed by atoms with Crippen LogP contribution in [-0.4, -0.2) is 47.2 Å². The zero-order chi connectivity index (χ0) is 19.9. The third-order valence-electron chi connectivity index (χ3n) is 4.65. The first-order valence-corrected chi connectivity index (χ1v) is 9.07. The summed E-state index contributed by atoms with van der Waals surface area (Å²) in [6.07, 6.45) is 4.64. The number of carbonyl (C=O) groups excluding carboxylic acids is 3. The van der Waals surface area contributed by atoms with E-state index in [1.165, 1.54) is 18.2 Å². The molecule has 1 saturated heterocycles. The number of hydrogen-bond acceptors (Lipinski definition) is 4. The maximum atomic E-state index is 13.1. The number of amides is 3. The van der Waals surface area contributed by atoms with Crippen molar-refractivity contribution >= 4 is 23.4 Å². The summed E-state index contributed by atoms with van der Waals surface area (Å²) < 4.78 is 13.1. The number of benzene rings is 1. The molecule has 2 N–H and O–H groups in total. The number of likely N-dealkylation sites (tertiary alicyclic amines) is 1. The fourth-order valence-electron chi connectivity index (χ4n) is 3.08. The Hall–Kier alpha value is -3.29. The van der Waals surface area contributed by atoms with Crippen LogP contribution >= 0.6 is 0 Å². The molecule has 1 aromatic heterocycles. The molecule has 0 spiro atoms. The van der Waals surface area contributed by atoms with Crippen molar-refractivity contribution in [2.24, 2.45) is 5.92 Å². The molecule has 1 aromatic carbocycles. The van der Waals surface area contributed by atoms with Crippen LogP contribution in [0.3, 0.4) is 0 Å². The van der Waals surface area contributed by atoms with Gasteiger partial charge >= 0.3 is 11.8 Å². The van der Waals surface area contributed by atoms with E-state index in [0.29, 0.717) is 25.2 Å². The highest BCUT2D eigenvalue weighted by Crippen LogP contribution is 2.18. The third kappa shape index (κ3) is 5.12. The van der Waals surface area contributed by atoms with Gasteiger partial charge in [0.2, 0.25) is 0 Å². The number of pyridine rings is 1. The number of hydrogen-bond donors (Lipinski definition) is 2. The van der Waals surface area contributed by atoms with E-state index in [1.54, 1.807) is 29.4 Å². The van der Waals surface area contributed by atoms with Gasteiger partial charge in [0.25, 0.3) is 5.91 Å². The van der Waals surface area contributed by atoms with E-state index in [0.717, 1.165) is 18.9 Å². The summed E-state index contributed by atoms with van der Waals surface area (Å²) in [7, 11) is 0. The Kier molecular flexibility index (Phi) is 6.31. The largest absolute Gasteiger partial charge is 0.348 e. The van der Waals surface area contributed by atoms with Crippen LogP contribution in [0.5, 0.6) is 0 Å². The second kappa shape index (κ2) is 9.07. The molecular weight excluding hydrogens is 363 g/mol. The summed E-state index contributed by atoms with van der Waals surface area (Å²) in [5.74, 6) is -1.97. The Bertz CT molecular complexity index is 852. The zero-order valence-corrected chi connectivity index (χ0v) is 15.2. The Labute approximate surface area is 161 Å². The number of rotatable bonds is 4.